The van der Waals surface area contributed by atoms with Gasteiger partial charge in [-0.2, -0.15) is 4.98 Å². The zero-order valence-electron chi connectivity index (χ0n) is 14.0. The van der Waals surface area contributed by atoms with Crippen molar-refractivity contribution < 1.29 is 4.74 Å². The van der Waals surface area contributed by atoms with Gasteiger partial charge in [0.2, 0.25) is 5.95 Å². The third-order valence-corrected chi connectivity index (χ3v) is 3.44. The number of aromatic nitrogens is 2. The fourth-order valence-electron chi connectivity index (χ4n) is 2.18. The first-order valence-electron chi connectivity index (χ1n) is 8.24. The molecular weight excluding hydrogens is 288 g/mol. The lowest BCUT2D eigenvalue weighted by molar-refractivity contribution is 0.197. The Labute approximate surface area is 138 Å². The van der Waals surface area contributed by atoms with Gasteiger partial charge in [0.1, 0.15) is 5.82 Å². The van der Waals surface area contributed by atoms with Gasteiger partial charge >= 0.3 is 0 Å². The maximum absolute atomic E-state index is 5.07. The van der Waals surface area contributed by atoms with Crippen molar-refractivity contribution in [3.05, 3.63) is 36.4 Å². The normalized spacial score (nSPS) is 10.5. The summed E-state index contributed by atoms with van der Waals surface area (Å²) in [5.41, 5.74) is 2.02. The average Bonchev–Trinajstić information content (AvgIpc) is 2.60. The van der Waals surface area contributed by atoms with Crippen LogP contribution in [0.15, 0.2) is 36.4 Å². The highest BCUT2D eigenvalue weighted by Crippen LogP contribution is 2.21. The number of benzene rings is 1. The second-order valence-electron chi connectivity index (χ2n) is 5.38. The number of nitrogens with one attached hydrogen (secondary N) is 2. The van der Waals surface area contributed by atoms with Crippen molar-refractivity contribution in [2.45, 2.75) is 26.2 Å². The first kappa shape index (κ1) is 17.2. The molecule has 0 spiro atoms. The number of unbranched alkanes of at least 4 members (excludes halogenated alkanes) is 1. The number of anilines is 2. The monoisotopic (exact) mass is 314 g/mol. The van der Waals surface area contributed by atoms with E-state index in [1.165, 1.54) is 0 Å². The molecule has 23 heavy (non-hydrogen) atoms. The third kappa shape index (κ3) is 5.87. The lowest BCUT2D eigenvalue weighted by Crippen LogP contribution is -2.10. The molecule has 5 nitrogen and oxygen atoms in total. The Balaban J connectivity index is 2.14. The van der Waals surface area contributed by atoms with Crippen molar-refractivity contribution in [3.63, 3.8) is 0 Å². The highest BCUT2D eigenvalue weighted by atomic mass is 16.5. The Morgan fingerprint density at radius 1 is 1.00 bits per heavy atom. The van der Waals surface area contributed by atoms with Crippen LogP contribution in [0.1, 0.15) is 26.2 Å². The standard InChI is InChI=1S/C18H26N4O/c1-3-4-11-19-17-14-16(15-9-6-5-7-10-15)21-18(22-17)20-12-8-13-23-2/h5-7,9-10,14H,3-4,8,11-13H2,1-2H3,(H2,19,20,21,22). The molecule has 0 radical (unpaired) electrons. The Morgan fingerprint density at radius 2 is 1.78 bits per heavy atom. The zero-order chi connectivity index (χ0) is 16.3. The van der Waals surface area contributed by atoms with Gasteiger partial charge in [0.15, 0.2) is 0 Å². The van der Waals surface area contributed by atoms with Crippen LogP contribution in [0.3, 0.4) is 0 Å². The summed E-state index contributed by atoms with van der Waals surface area (Å²) in [5.74, 6) is 1.52. The molecule has 0 saturated carbocycles. The molecule has 2 rings (SSSR count). The van der Waals surface area contributed by atoms with Crippen LogP contribution >= 0.6 is 0 Å². The van der Waals surface area contributed by atoms with E-state index in [2.05, 4.69) is 39.7 Å². The first-order valence-corrected chi connectivity index (χ1v) is 8.24. The van der Waals surface area contributed by atoms with Crippen LogP contribution in [-0.4, -0.2) is 36.8 Å². The topological polar surface area (TPSA) is 59.1 Å². The summed E-state index contributed by atoms with van der Waals surface area (Å²) in [5, 5.41) is 6.66. The maximum atomic E-state index is 5.07. The van der Waals surface area contributed by atoms with Crippen molar-refractivity contribution in [3.8, 4) is 11.3 Å². The van der Waals surface area contributed by atoms with Gasteiger partial charge in [0, 0.05) is 38.4 Å². The summed E-state index contributed by atoms with van der Waals surface area (Å²) >= 11 is 0. The van der Waals surface area contributed by atoms with Crippen LogP contribution in [-0.2, 0) is 4.74 Å². The van der Waals surface area contributed by atoms with Gasteiger partial charge in [-0.05, 0) is 12.8 Å². The fourth-order valence-corrected chi connectivity index (χ4v) is 2.18. The molecule has 0 aliphatic rings. The zero-order valence-corrected chi connectivity index (χ0v) is 14.0. The molecule has 1 heterocycles. The second kappa shape index (κ2) is 9.79. The molecular formula is C18H26N4O. The molecule has 0 aliphatic heterocycles. The molecule has 1 aromatic heterocycles. The van der Waals surface area contributed by atoms with E-state index in [4.69, 9.17) is 4.74 Å². The van der Waals surface area contributed by atoms with E-state index in [-0.39, 0.29) is 0 Å². The average molecular weight is 314 g/mol. The summed E-state index contributed by atoms with van der Waals surface area (Å²) in [7, 11) is 1.71. The van der Waals surface area contributed by atoms with Gasteiger partial charge in [-0.1, -0.05) is 43.7 Å². The van der Waals surface area contributed by atoms with Gasteiger partial charge in [0.25, 0.3) is 0 Å². The molecule has 0 aliphatic carbocycles. The Morgan fingerprint density at radius 3 is 2.52 bits per heavy atom. The molecule has 2 aromatic rings. The second-order valence-corrected chi connectivity index (χ2v) is 5.38. The highest BCUT2D eigenvalue weighted by Gasteiger charge is 2.06. The predicted molar refractivity (Wildman–Crippen MR) is 95.8 cm³/mol. The molecule has 0 unspecified atom stereocenters. The van der Waals surface area contributed by atoms with E-state index in [1.54, 1.807) is 7.11 Å². The summed E-state index contributed by atoms with van der Waals surface area (Å²) in [4.78, 5) is 9.18. The van der Waals surface area contributed by atoms with Gasteiger partial charge in [0.05, 0.1) is 5.69 Å². The number of nitrogens with zero attached hydrogens (tertiary/aromatic N) is 2. The van der Waals surface area contributed by atoms with Gasteiger partial charge in [-0.15, -0.1) is 0 Å². The summed E-state index contributed by atoms with van der Waals surface area (Å²) in [6.45, 7) is 4.62. The third-order valence-electron chi connectivity index (χ3n) is 3.44. The van der Waals surface area contributed by atoms with Crippen molar-refractivity contribution in [2.75, 3.05) is 37.4 Å². The van der Waals surface area contributed by atoms with Gasteiger partial charge in [-0.3, -0.25) is 0 Å². The summed E-state index contributed by atoms with van der Waals surface area (Å²) in [6, 6.07) is 12.2. The SMILES string of the molecule is CCCCNc1cc(-c2ccccc2)nc(NCCCOC)n1. The van der Waals surface area contributed by atoms with Crippen LogP contribution in [0.4, 0.5) is 11.8 Å². The Hall–Kier alpha value is -2.14. The van der Waals surface area contributed by atoms with Crippen molar-refractivity contribution in [1.29, 1.82) is 0 Å². The molecule has 0 atom stereocenters. The largest absolute Gasteiger partial charge is 0.385 e. The van der Waals surface area contributed by atoms with E-state index >= 15 is 0 Å². The minimum Gasteiger partial charge on any atom is -0.385 e. The van der Waals surface area contributed by atoms with Gasteiger partial charge in [-0.25, -0.2) is 4.98 Å². The first-order chi connectivity index (χ1) is 11.3. The van der Waals surface area contributed by atoms with E-state index in [0.29, 0.717) is 5.95 Å². The smallest absolute Gasteiger partial charge is 0.225 e. The highest BCUT2D eigenvalue weighted by molar-refractivity contribution is 5.64. The molecule has 1 aromatic carbocycles. The molecule has 5 heteroatoms. The minimum absolute atomic E-state index is 0.654. The summed E-state index contributed by atoms with van der Waals surface area (Å²) in [6.07, 6.45) is 3.21. The van der Waals surface area contributed by atoms with Crippen LogP contribution in [0.5, 0.6) is 0 Å². The predicted octanol–water partition coefficient (Wildman–Crippen LogP) is 3.80. The molecule has 124 valence electrons. The summed E-state index contributed by atoms with van der Waals surface area (Å²) < 4.78 is 5.07. The Bertz CT molecular complexity index is 574. The van der Waals surface area contributed by atoms with Crippen LogP contribution < -0.4 is 10.6 Å². The lowest BCUT2D eigenvalue weighted by atomic mass is 10.1. The lowest BCUT2D eigenvalue weighted by Gasteiger charge is -2.11. The van der Waals surface area contributed by atoms with Gasteiger partial charge < -0.3 is 15.4 Å². The molecule has 0 bridgehead atoms. The van der Waals surface area contributed by atoms with Crippen molar-refractivity contribution in [1.82, 2.24) is 9.97 Å². The molecule has 2 N–H and O–H groups in total. The van der Waals surface area contributed by atoms with Crippen LogP contribution in [0.2, 0.25) is 0 Å². The number of hydrogen-bond donors (Lipinski definition) is 2. The molecule has 0 saturated heterocycles. The Kier molecular flexibility index (Phi) is 7.33. The fraction of sp³-hybridized carbons (Fsp3) is 0.444. The van der Waals surface area contributed by atoms with E-state index in [0.717, 1.165) is 56.0 Å². The van der Waals surface area contributed by atoms with E-state index < -0.39 is 0 Å². The van der Waals surface area contributed by atoms with Crippen LogP contribution in [0, 0.1) is 0 Å². The van der Waals surface area contributed by atoms with E-state index in [1.807, 2.05) is 24.3 Å². The maximum Gasteiger partial charge on any atom is 0.225 e. The number of rotatable bonds is 10. The van der Waals surface area contributed by atoms with Crippen molar-refractivity contribution >= 4 is 11.8 Å². The quantitative estimate of drug-likeness (QED) is 0.653. The number of hydrogen-bond acceptors (Lipinski definition) is 5. The molecule has 0 amide bonds. The molecule has 0 fully saturated rings. The number of ether oxygens (including phenoxy) is 1. The van der Waals surface area contributed by atoms with Crippen molar-refractivity contribution in [2.24, 2.45) is 0 Å². The van der Waals surface area contributed by atoms with Crippen LogP contribution in [0.25, 0.3) is 11.3 Å². The van der Waals surface area contributed by atoms with E-state index in [9.17, 15) is 0 Å². The number of methoxy groups -OCH3 is 1. The minimum atomic E-state index is 0.654.